The van der Waals surface area contributed by atoms with E-state index in [1.807, 2.05) is 0 Å². The second kappa shape index (κ2) is 8.25. The highest BCUT2D eigenvalue weighted by molar-refractivity contribution is 5.18. The van der Waals surface area contributed by atoms with Crippen LogP contribution in [0.25, 0.3) is 0 Å². The molecule has 0 spiro atoms. The summed E-state index contributed by atoms with van der Waals surface area (Å²) in [6.45, 7) is 5.02. The average molecular weight is 249 g/mol. The molecule has 2 unspecified atom stereocenters. The van der Waals surface area contributed by atoms with Crippen molar-refractivity contribution < 1.29 is 0 Å². The van der Waals surface area contributed by atoms with E-state index >= 15 is 0 Å². The van der Waals surface area contributed by atoms with E-state index in [9.17, 15) is 0 Å². The van der Waals surface area contributed by atoms with Crippen LogP contribution < -0.4 is 11.1 Å². The van der Waals surface area contributed by atoms with Crippen LogP contribution in [0.2, 0.25) is 0 Å². The summed E-state index contributed by atoms with van der Waals surface area (Å²) in [6, 6.07) is 11.0. The molecule has 0 fully saturated rings. The summed E-state index contributed by atoms with van der Waals surface area (Å²) in [5, 5.41) is 3.53. The molecular weight excluding hydrogens is 222 g/mol. The van der Waals surface area contributed by atoms with Crippen molar-refractivity contribution in [2.75, 3.05) is 33.7 Å². The molecule has 1 aromatic carbocycles. The summed E-state index contributed by atoms with van der Waals surface area (Å²) in [4.78, 5) is 2.18. The molecule has 1 rings (SSSR count). The first-order valence-electron chi connectivity index (χ1n) is 6.76. The maximum absolute atomic E-state index is 5.84. The van der Waals surface area contributed by atoms with E-state index in [0.717, 1.165) is 19.5 Å². The minimum absolute atomic E-state index is 0.403. The molecule has 102 valence electrons. The maximum Gasteiger partial charge on any atom is 0.0196 e. The van der Waals surface area contributed by atoms with Gasteiger partial charge in [-0.25, -0.2) is 0 Å². The lowest BCUT2D eigenvalue weighted by atomic mass is 9.94. The van der Waals surface area contributed by atoms with Gasteiger partial charge in [-0.3, -0.25) is 0 Å². The Morgan fingerprint density at radius 2 is 1.89 bits per heavy atom. The van der Waals surface area contributed by atoms with E-state index in [4.69, 9.17) is 5.73 Å². The Balaban J connectivity index is 2.38. The minimum atomic E-state index is 0.403. The second-order valence-electron chi connectivity index (χ2n) is 5.24. The molecule has 0 heterocycles. The van der Waals surface area contributed by atoms with Gasteiger partial charge >= 0.3 is 0 Å². The van der Waals surface area contributed by atoms with Crippen LogP contribution >= 0.6 is 0 Å². The van der Waals surface area contributed by atoms with Crippen molar-refractivity contribution in [2.24, 2.45) is 5.73 Å². The van der Waals surface area contributed by atoms with E-state index in [-0.39, 0.29) is 0 Å². The zero-order valence-corrected chi connectivity index (χ0v) is 11.9. The molecule has 1 aromatic rings. The highest BCUT2D eigenvalue weighted by Crippen LogP contribution is 2.19. The van der Waals surface area contributed by atoms with Crippen molar-refractivity contribution in [1.29, 1.82) is 0 Å². The van der Waals surface area contributed by atoms with Gasteiger partial charge in [0.2, 0.25) is 0 Å². The zero-order valence-electron chi connectivity index (χ0n) is 11.9. The van der Waals surface area contributed by atoms with Gasteiger partial charge in [0, 0.05) is 25.7 Å². The number of nitrogens with two attached hydrogens (primary N) is 1. The van der Waals surface area contributed by atoms with Crippen LogP contribution in [0.3, 0.4) is 0 Å². The second-order valence-corrected chi connectivity index (χ2v) is 5.24. The van der Waals surface area contributed by atoms with Crippen LogP contribution in [0.5, 0.6) is 0 Å². The topological polar surface area (TPSA) is 41.3 Å². The van der Waals surface area contributed by atoms with Crippen molar-refractivity contribution in [3.63, 3.8) is 0 Å². The van der Waals surface area contributed by atoms with Crippen LogP contribution in [0.4, 0.5) is 0 Å². The number of hydrogen-bond donors (Lipinski definition) is 2. The van der Waals surface area contributed by atoms with Crippen molar-refractivity contribution in [2.45, 2.75) is 25.3 Å². The van der Waals surface area contributed by atoms with Crippen molar-refractivity contribution in [3.05, 3.63) is 35.9 Å². The van der Waals surface area contributed by atoms with Gasteiger partial charge in [0.15, 0.2) is 0 Å². The molecule has 0 amide bonds. The molecule has 0 radical (unpaired) electrons. The molecule has 3 nitrogen and oxygen atoms in total. The fourth-order valence-electron chi connectivity index (χ4n) is 2.10. The zero-order chi connectivity index (χ0) is 13.4. The Kier molecular flexibility index (Phi) is 6.94. The highest BCUT2D eigenvalue weighted by atomic mass is 15.1. The van der Waals surface area contributed by atoms with Crippen LogP contribution in [0.15, 0.2) is 30.3 Å². The first-order valence-corrected chi connectivity index (χ1v) is 6.76. The van der Waals surface area contributed by atoms with Gasteiger partial charge in [0.25, 0.3) is 0 Å². The van der Waals surface area contributed by atoms with E-state index in [2.05, 4.69) is 61.6 Å². The number of nitrogens with one attached hydrogen (secondary N) is 1. The lowest BCUT2D eigenvalue weighted by Crippen LogP contribution is -2.40. The smallest absolute Gasteiger partial charge is 0.0196 e. The third kappa shape index (κ3) is 5.63. The quantitative estimate of drug-likeness (QED) is 0.736. The molecule has 0 aliphatic carbocycles. The molecule has 0 bridgehead atoms. The molecule has 2 atom stereocenters. The van der Waals surface area contributed by atoms with Gasteiger partial charge in [-0.05, 0) is 32.0 Å². The predicted octanol–water partition coefficient (Wildman–Crippen LogP) is 1.66. The molecule has 3 N–H and O–H groups in total. The molecule has 0 aliphatic rings. The fourth-order valence-corrected chi connectivity index (χ4v) is 2.10. The Morgan fingerprint density at radius 3 is 2.44 bits per heavy atom. The number of hydrogen-bond acceptors (Lipinski definition) is 3. The van der Waals surface area contributed by atoms with Crippen LogP contribution in [0.1, 0.15) is 24.8 Å². The standard InChI is InChI=1S/C15H27N3/c1-13(14-7-5-4-6-8-14)11-15(12-16)17-9-10-18(2)3/h4-8,13,15,17H,9-12,16H2,1-3H3. The summed E-state index contributed by atoms with van der Waals surface area (Å²) in [7, 11) is 4.18. The number of likely N-dealkylation sites (N-methyl/N-ethyl adjacent to an activating group) is 1. The van der Waals surface area contributed by atoms with Crippen LogP contribution in [-0.2, 0) is 0 Å². The Bertz CT molecular complexity index is 311. The third-order valence-electron chi connectivity index (χ3n) is 3.28. The summed E-state index contributed by atoms with van der Waals surface area (Å²) in [6.07, 6.45) is 1.09. The largest absolute Gasteiger partial charge is 0.329 e. The van der Waals surface area contributed by atoms with Gasteiger partial charge in [-0.15, -0.1) is 0 Å². The molecule has 0 aromatic heterocycles. The van der Waals surface area contributed by atoms with E-state index in [1.54, 1.807) is 0 Å². The normalized spacial score (nSPS) is 14.7. The molecule has 0 aliphatic heterocycles. The maximum atomic E-state index is 5.84. The van der Waals surface area contributed by atoms with Crippen molar-refractivity contribution >= 4 is 0 Å². The van der Waals surface area contributed by atoms with Crippen LogP contribution in [0, 0.1) is 0 Å². The Labute approximate surface area is 111 Å². The fraction of sp³-hybridized carbons (Fsp3) is 0.600. The monoisotopic (exact) mass is 249 g/mol. The van der Waals surface area contributed by atoms with E-state index < -0.39 is 0 Å². The average Bonchev–Trinajstić information content (AvgIpc) is 2.38. The SMILES string of the molecule is CC(CC(CN)NCCN(C)C)c1ccccc1. The Hall–Kier alpha value is -0.900. The number of rotatable bonds is 8. The van der Waals surface area contributed by atoms with Crippen LogP contribution in [-0.4, -0.2) is 44.7 Å². The number of benzene rings is 1. The van der Waals surface area contributed by atoms with Gasteiger partial charge in [-0.1, -0.05) is 37.3 Å². The molecule has 0 saturated carbocycles. The van der Waals surface area contributed by atoms with Gasteiger partial charge in [0.1, 0.15) is 0 Å². The van der Waals surface area contributed by atoms with Gasteiger partial charge in [0.05, 0.1) is 0 Å². The predicted molar refractivity (Wildman–Crippen MR) is 78.9 cm³/mol. The minimum Gasteiger partial charge on any atom is -0.329 e. The van der Waals surface area contributed by atoms with Gasteiger partial charge in [-0.2, -0.15) is 0 Å². The summed E-state index contributed by atoms with van der Waals surface area (Å²) >= 11 is 0. The lowest BCUT2D eigenvalue weighted by Gasteiger charge is -2.22. The van der Waals surface area contributed by atoms with E-state index in [1.165, 1.54) is 5.56 Å². The third-order valence-corrected chi connectivity index (χ3v) is 3.28. The molecular formula is C15H27N3. The molecule has 18 heavy (non-hydrogen) atoms. The first kappa shape index (κ1) is 15.2. The summed E-state index contributed by atoms with van der Waals surface area (Å²) in [5.74, 6) is 0.548. The van der Waals surface area contributed by atoms with Gasteiger partial charge < -0.3 is 16.0 Å². The molecule has 0 saturated heterocycles. The Morgan fingerprint density at radius 1 is 1.22 bits per heavy atom. The summed E-state index contributed by atoms with van der Waals surface area (Å²) < 4.78 is 0. The first-order chi connectivity index (χ1) is 8.63. The van der Waals surface area contributed by atoms with E-state index in [0.29, 0.717) is 18.5 Å². The highest BCUT2D eigenvalue weighted by Gasteiger charge is 2.12. The number of nitrogens with zero attached hydrogens (tertiary/aromatic N) is 1. The lowest BCUT2D eigenvalue weighted by molar-refractivity contribution is 0.372. The summed E-state index contributed by atoms with van der Waals surface area (Å²) in [5.41, 5.74) is 7.23. The van der Waals surface area contributed by atoms with Crippen molar-refractivity contribution in [1.82, 2.24) is 10.2 Å². The molecule has 3 heteroatoms. The van der Waals surface area contributed by atoms with Crippen molar-refractivity contribution in [3.8, 4) is 0 Å².